The van der Waals surface area contributed by atoms with Gasteiger partial charge in [-0.05, 0) is 60.4 Å². The van der Waals surface area contributed by atoms with Gasteiger partial charge in [0.1, 0.15) is 5.75 Å². The molecule has 1 aromatic rings. The van der Waals surface area contributed by atoms with Gasteiger partial charge < -0.3 is 14.8 Å². The molecule has 3 unspecified atom stereocenters. The van der Waals surface area contributed by atoms with Gasteiger partial charge in [0.05, 0.1) is 17.2 Å². The molecule has 1 aliphatic heterocycles. The van der Waals surface area contributed by atoms with Gasteiger partial charge in [0.15, 0.2) is 0 Å². The molecular formula is C16H24BrNO2. The molecule has 1 saturated heterocycles. The van der Waals surface area contributed by atoms with Crippen LogP contribution in [0, 0.1) is 5.92 Å². The molecular weight excluding hydrogens is 318 g/mol. The first-order valence-corrected chi connectivity index (χ1v) is 8.17. The minimum atomic E-state index is 0.308. The van der Waals surface area contributed by atoms with Crippen LogP contribution in [0.25, 0.3) is 0 Å². The Balaban J connectivity index is 2.16. The van der Waals surface area contributed by atoms with Crippen molar-refractivity contribution in [1.82, 2.24) is 5.32 Å². The van der Waals surface area contributed by atoms with E-state index in [1.54, 1.807) is 0 Å². The maximum atomic E-state index is 5.71. The van der Waals surface area contributed by atoms with Crippen molar-refractivity contribution in [1.29, 1.82) is 0 Å². The van der Waals surface area contributed by atoms with Crippen molar-refractivity contribution in [3.8, 4) is 5.75 Å². The topological polar surface area (TPSA) is 30.5 Å². The molecule has 3 nitrogen and oxygen atoms in total. The van der Waals surface area contributed by atoms with Crippen molar-refractivity contribution < 1.29 is 9.47 Å². The van der Waals surface area contributed by atoms with Crippen molar-refractivity contribution in [2.75, 3.05) is 20.3 Å². The lowest BCUT2D eigenvalue weighted by Gasteiger charge is -2.26. The van der Waals surface area contributed by atoms with Crippen LogP contribution in [0.5, 0.6) is 5.75 Å². The summed E-state index contributed by atoms with van der Waals surface area (Å²) in [7, 11) is 2.02. The summed E-state index contributed by atoms with van der Waals surface area (Å²) in [4.78, 5) is 0. The number of benzene rings is 1. The number of nitrogens with one attached hydrogen (secondary N) is 1. The largest absolute Gasteiger partial charge is 0.492 e. The second-order valence-corrected chi connectivity index (χ2v) is 6.19. The van der Waals surface area contributed by atoms with E-state index in [2.05, 4.69) is 53.3 Å². The summed E-state index contributed by atoms with van der Waals surface area (Å²) in [5.74, 6) is 1.44. The van der Waals surface area contributed by atoms with Crippen molar-refractivity contribution in [3.05, 3.63) is 28.2 Å². The molecule has 2 rings (SSSR count). The fourth-order valence-electron chi connectivity index (χ4n) is 2.85. The molecule has 0 radical (unpaired) electrons. The van der Waals surface area contributed by atoms with Crippen LogP contribution in [0.2, 0.25) is 0 Å². The summed E-state index contributed by atoms with van der Waals surface area (Å²) >= 11 is 3.61. The van der Waals surface area contributed by atoms with E-state index in [4.69, 9.17) is 9.47 Å². The molecule has 0 aliphatic carbocycles. The van der Waals surface area contributed by atoms with E-state index in [1.807, 2.05) is 7.05 Å². The van der Waals surface area contributed by atoms with E-state index in [9.17, 15) is 0 Å². The van der Waals surface area contributed by atoms with Crippen LogP contribution in [-0.4, -0.2) is 26.4 Å². The Morgan fingerprint density at radius 2 is 2.30 bits per heavy atom. The molecule has 0 amide bonds. The molecule has 20 heavy (non-hydrogen) atoms. The van der Waals surface area contributed by atoms with Gasteiger partial charge in [0, 0.05) is 18.6 Å². The maximum Gasteiger partial charge on any atom is 0.133 e. The average Bonchev–Trinajstić information content (AvgIpc) is 2.85. The standard InChI is InChI=1S/C16H24BrNO2/c1-4-8-20-15-6-5-12(10-14(15)17)16(18-3)13-7-9-19-11(13)2/h5-6,10-11,13,16,18H,4,7-9H2,1-3H3. The minimum absolute atomic E-state index is 0.308. The van der Waals surface area contributed by atoms with Crippen molar-refractivity contribution in [2.24, 2.45) is 5.92 Å². The average molecular weight is 342 g/mol. The summed E-state index contributed by atoms with van der Waals surface area (Å²) < 4.78 is 12.4. The third kappa shape index (κ3) is 3.54. The Labute approximate surface area is 130 Å². The SMILES string of the molecule is CCCOc1ccc(C(NC)C2CCOC2C)cc1Br. The van der Waals surface area contributed by atoms with E-state index in [0.29, 0.717) is 18.1 Å². The normalized spacial score (nSPS) is 23.8. The summed E-state index contributed by atoms with van der Waals surface area (Å²) in [6, 6.07) is 6.70. The smallest absolute Gasteiger partial charge is 0.133 e. The van der Waals surface area contributed by atoms with Gasteiger partial charge in [-0.15, -0.1) is 0 Å². The summed E-state index contributed by atoms with van der Waals surface area (Å²) in [6.45, 7) is 5.89. The van der Waals surface area contributed by atoms with Crippen LogP contribution in [-0.2, 0) is 4.74 Å². The summed E-state index contributed by atoms with van der Waals surface area (Å²) in [6.07, 6.45) is 2.44. The Morgan fingerprint density at radius 1 is 1.50 bits per heavy atom. The summed E-state index contributed by atoms with van der Waals surface area (Å²) in [5.41, 5.74) is 1.28. The Morgan fingerprint density at radius 3 is 2.85 bits per heavy atom. The van der Waals surface area contributed by atoms with Gasteiger partial charge >= 0.3 is 0 Å². The predicted molar refractivity (Wildman–Crippen MR) is 85.2 cm³/mol. The number of hydrogen-bond donors (Lipinski definition) is 1. The lowest BCUT2D eigenvalue weighted by atomic mass is 9.88. The van der Waals surface area contributed by atoms with Crippen molar-refractivity contribution in [2.45, 2.75) is 38.8 Å². The molecule has 0 saturated carbocycles. The van der Waals surface area contributed by atoms with Crippen LogP contribution in [0.3, 0.4) is 0 Å². The fraction of sp³-hybridized carbons (Fsp3) is 0.625. The van der Waals surface area contributed by atoms with Gasteiger partial charge in [-0.2, -0.15) is 0 Å². The third-order valence-corrected chi connectivity index (χ3v) is 4.57. The maximum absolute atomic E-state index is 5.71. The van der Waals surface area contributed by atoms with Gasteiger partial charge in [0.2, 0.25) is 0 Å². The molecule has 0 spiro atoms. The Hall–Kier alpha value is -0.580. The molecule has 1 aliphatic rings. The predicted octanol–water partition coefficient (Wildman–Crippen LogP) is 3.92. The molecule has 112 valence electrons. The van der Waals surface area contributed by atoms with Crippen LogP contribution in [0.15, 0.2) is 22.7 Å². The van der Waals surface area contributed by atoms with E-state index >= 15 is 0 Å². The monoisotopic (exact) mass is 341 g/mol. The number of hydrogen-bond acceptors (Lipinski definition) is 3. The van der Waals surface area contributed by atoms with Crippen LogP contribution in [0.1, 0.15) is 38.3 Å². The molecule has 0 bridgehead atoms. The quantitative estimate of drug-likeness (QED) is 0.850. The highest BCUT2D eigenvalue weighted by Gasteiger charge is 2.32. The van der Waals surface area contributed by atoms with Gasteiger partial charge in [-0.3, -0.25) is 0 Å². The zero-order valence-electron chi connectivity index (χ0n) is 12.5. The minimum Gasteiger partial charge on any atom is -0.492 e. The van der Waals surface area contributed by atoms with Gasteiger partial charge in [-0.1, -0.05) is 13.0 Å². The molecule has 0 aromatic heterocycles. The van der Waals surface area contributed by atoms with Crippen molar-refractivity contribution >= 4 is 15.9 Å². The Kier molecular flexibility index (Phi) is 5.87. The van der Waals surface area contributed by atoms with Gasteiger partial charge in [-0.25, -0.2) is 0 Å². The zero-order chi connectivity index (χ0) is 14.5. The lowest BCUT2D eigenvalue weighted by molar-refractivity contribution is 0.0963. The molecule has 3 atom stereocenters. The van der Waals surface area contributed by atoms with E-state index < -0.39 is 0 Å². The molecule has 4 heteroatoms. The highest BCUT2D eigenvalue weighted by molar-refractivity contribution is 9.10. The van der Waals surface area contributed by atoms with E-state index in [-0.39, 0.29) is 0 Å². The van der Waals surface area contributed by atoms with Gasteiger partial charge in [0.25, 0.3) is 0 Å². The Bertz CT molecular complexity index is 438. The fourth-order valence-corrected chi connectivity index (χ4v) is 3.36. The highest BCUT2D eigenvalue weighted by Crippen LogP contribution is 2.36. The number of rotatable bonds is 6. The second-order valence-electron chi connectivity index (χ2n) is 5.33. The van der Waals surface area contributed by atoms with Crippen LogP contribution in [0.4, 0.5) is 0 Å². The van der Waals surface area contributed by atoms with Crippen molar-refractivity contribution in [3.63, 3.8) is 0 Å². The first-order valence-electron chi connectivity index (χ1n) is 7.38. The number of halogens is 1. The lowest BCUT2D eigenvalue weighted by Crippen LogP contribution is -2.29. The first kappa shape index (κ1) is 15.8. The van der Waals surface area contributed by atoms with Crippen LogP contribution >= 0.6 is 15.9 Å². The van der Waals surface area contributed by atoms with Crippen LogP contribution < -0.4 is 10.1 Å². The first-order chi connectivity index (χ1) is 9.67. The molecule has 1 aromatic carbocycles. The van der Waals surface area contributed by atoms with E-state index in [0.717, 1.165) is 36.3 Å². The van der Waals surface area contributed by atoms with E-state index in [1.165, 1.54) is 5.56 Å². The molecule has 1 heterocycles. The molecule has 1 fully saturated rings. The zero-order valence-corrected chi connectivity index (χ0v) is 14.1. The molecule has 1 N–H and O–H groups in total. The highest BCUT2D eigenvalue weighted by atomic mass is 79.9. The summed E-state index contributed by atoms with van der Waals surface area (Å²) in [5, 5.41) is 3.44. The second kappa shape index (κ2) is 7.43. The third-order valence-electron chi connectivity index (χ3n) is 3.95. The number of ether oxygens (including phenoxy) is 2.